The van der Waals surface area contributed by atoms with Crippen LogP contribution in [0.15, 0.2) is 35.3 Å². The van der Waals surface area contributed by atoms with E-state index in [0.717, 1.165) is 37.5 Å². The van der Waals surface area contributed by atoms with Gasteiger partial charge in [0.05, 0.1) is 25.9 Å². The molecule has 3 N–H and O–H groups in total. The van der Waals surface area contributed by atoms with Crippen molar-refractivity contribution in [2.75, 3.05) is 26.2 Å². The summed E-state index contributed by atoms with van der Waals surface area (Å²) < 4.78 is 5.51. The SMILES string of the molecule is CCCCNC(=NCC(O)COCc1ccccc1)NCC. The van der Waals surface area contributed by atoms with Crippen LogP contribution in [-0.4, -0.2) is 43.4 Å². The maximum absolute atomic E-state index is 9.93. The summed E-state index contributed by atoms with van der Waals surface area (Å²) in [5, 5.41) is 16.3. The normalized spacial score (nSPS) is 13.0. The van der Waals surface area contributed by atoms with Gasteiger partial charge in [0.1, 0.15) is 0 Å². The summed E-state index contributed by atoms with van der Waals surface area (Å²) in [5.41, 5.74) is 1.10. The fourth-order valence-corrected chi connectivity index (χ4v) is 1.86. The van der Waals surface area contributed by atoms with Crippen LogP contribution in [-0.2, 0) is 11.3 Å². The Bertz CT molecular complexity index is 410. The highest BCUT2D eigenvalue weighted by Crippen LogP contribution is 2.01. The van der Waals surface area contributed by atoms with Crippen LogP contribution in [0.4, 0.5) is 0 Å². The third-order valence-electron chi connectivity index (χ3n) is 3.05. The van der Waals surface area contributed by atoms with Crippen LogP contribution in [0.3, 0.4) is 0 Å². The molecule has 0 bridgehead atoms. The van der Waals surface area contributed by atoms with Gasteiger partial charge in [-0.15, -0.1) is 0 Å². The van der Waals surface area contributed by atoms with Gasteiger partial charge in [0.25, 0.3) is 0 Å². The highest BCUT2D eigenvalue weighted by atomic mass is 16.5. The van der Waals surface area contributed by atoms with Crippen molar-refractivity contribution in [3.8, 4) is 0 Å². The number of guanidine groups is 1. The van der Waals surface area contributed by atoms with Gasteiger partial charge < -0.3 is 20.5 Å². The van der Waals surface area contributed by atoms with Gasteiger partial charge in [0.15, 0.2) is 5.96 Å². The average molecular weight is 307 g/mol. The van der Waals surface area contributed by atoms with Crippen LogP contribution in [0.1, 0.15) is 32.3 Å². The third kappa shape index (κ3) is 8.64. The van der Waals surface area contributed by atoms with Crippen molar-refractivity contribution in [2.45, 2.75) is 39.4 Å². The number of hydrogen-bond donors (Lipinski definition) is 3. The number of benzene rings is 1. The van der Waals surface area contributed by atoms with E-state index in [4.69, 9.17) is 4.74 Å². The Morgan fingerprint density at radius 3 is 2.68 bits per heavy atom. The summed E-state index contributed by atoms with van der Waals surface area (Å²) in [7, 11) is 0. The number of nitrogens with zero attached hydrogens (tertiary/aromatic N) is 1. The maximum Gasteiger partial charge on any atom is 0.191 e. The smallest absolute Gasteiger partial charge is 0.191 e. The number of aliphatic hydroxyl groups excluding tert-OH is 1. The maximum atomic E-state index is 9.93. The second kappa shape index (κ2) is 12.0. The number of aliphatic hydroxyl groups is 1. The van der Waals surface area contributed by atoms with E-state index in [0.29, 0.717) is 13.2 Å². The van der Waals surface area contributed by atoms with Crippen LogP contribution in [0, 0.1) is 0 Å². The molecule has 0 saturated carbocycles. The number of unbranched alkanes of at least 4 members (excludes halogenated alkanes) is 1. The number of aliphatic imine (C=N–C) groups is 1. The van der Waals surface area contributed by atoms with E-state index < -0.39 is 6.10 Å². The van der Waals surface area contributed by atoms with Crippen LogP contribution in [0.25, 0.3) is 0 Å². The molecule has 0 amide bonds. The Hall–Kier alpha value is -1.59. The molecule has 0 aromatic heterocycles. The molecule has 5 heteroatoms. The van der Waals surface area contributed by atoms with Crippen molar-refractivity contribution in [3.63, 3.8) is 0 Å². The lowest BCUT2D eigenvalue weighted by Gasteiger charge is -2.13. The molecular weight excluding hydrogens is 278 g/mol. The predicted octanol–water partition coefficient (Wildman–Crippen LogP) is 1.92. The van der Waals surface area contributed by atoms with Gasteiger partial charge in [0, 0.05) is 13.1 Å². The molecule has 1 atom stereocenters. The monoisotopic (exact) mass is 307 g/mol. The summed E-state index contributed by atoms with van der Waals surface area (Å²) in [5.74, 6) is 0.748. The van der Waals surface area contributed by atoms with E-state index in [9.17, 15) is 5.11 Å². The summed E-state index contributed by atoms with van der Waals surface area (Å²) in [6, 6.07) is 9.94. The molecule has 0 fully saturated rings. The third-order valence-corrected chi connectivity index (χ3v) is 3.05. The Morgan fingerprint density at radius 2 is 2.00 bits per heavy atom. The molecule has 5 nitrogen and oxygen atoms in total. The fourth-order valence-electron chi connectivity index (χ4n) is 1.86. The summed E-state index contributed by atoms with van der Waals surface area (Å²) in [4.78, 5) is 4.38. The average Bonchev–Trinajstić information content (AvgIpc) is 2.54. The zero-order valence-electron chi connectivity index (χ0n) is 13.7. The molecule has 0 spiro atoms. The molecule has 22 heavy (non-hydrogen) atoms. The quantitative estimate of drug-likeness (QED) is 0.351. The Labute approximate surface area is 133 Å². The van der Waals surface area contributed by atoms with Gasteiger partial charge in [-0.3, -0.25) is 4.99 Å². The van der Waals surface area contributed by atoms with Crippen molar-refractivity contribution in [3.05, 3.63) is 35.9 Å². The van der Waals surface area contributed by atoms with E-state index in [1.54, 1.807) is 0 Å². The van der Waals surface area contributed by atoms with Crippen LogP contribution < -0.4 is 10.6 Å². The fraction of sp³-hybridized carbons (Fsp3) is 0.588. The molecule has 0 heterocycles. The largest absolute Gasteiger partial charge is 0.389 e. The Balaban J connectivity index is 2.25. The first-order chi connectivity index (χ1) is 10.8. The van der Waals surface area contributed by atoms with E-state index in [1.807, 2.05) is 37.3 Å². The van der Waals surface area contributed by atoms with Crippen molar-refractivity contribution in [2.24, 2.45) is 4.99 Å². The number of nitrogens with one attached hydrogen (secondary N) is 2. The van der Waals surface area contributed by atoms with Crippen molar-refractivity contribution in [1.82, 2.24) is 10.6 Å². The number of rotatable bonds is 10. The highest BCUT2D eigenvalue weighted by Gasteiger charge is 2.05. The summed E-state index contributed by atoms with van der Waals surface area (Å²) in [6.07, 6.45) is 1.65. The van der Waals surface area contributed by atoms with Gasteiger partial charge in [-0.1, -0.05) is 43.7 Å². The zero-order chi connectivity index (χ0) is 16.0. The minimum atomic E-state index is -0.592. The summed E-state index contributed by atoms with van der Waals surface area (Å²) >= 11 is 0. The first kappa shape index (κ1) is 18.5. The molecule has 1 unspecified atom stereocenters. The second-order valence-corrected chi connectivity index (χ2v) is 5.15. The van der Waals surface area contributed by atoms with E-state index in [-0.39, 0.29) is 6.61 Å². The van der Waals surface area contributed by atoms with E-state index in [1.165, 1.54) is 0 Å². The molecule has 0 aliphatic heterocycles. The molecule has 1 aromatic carbocycles. The standard InChI is InChI=1S/C17H29N3O2/c1-3-5-11-19-17(18-4-2)20-12-16(21)14-22-13-15-9-7-6-8-10-15/h6-10,16,21H,3-5,11-14H2,1-2H3,(H2,18,19,20). The topological polar surface area (TPSA) is 65.9 Å². The highest BCUT2D eigenvalue weighted by molar-refractivity contribution is 5.79. The molecule has 0 aliphatic carbocycles. The molecule has 0 aliphatic rings. The molecule has 0 saturated heterocycles. The lowest BCUT2D eigenvalue weighted by atomic mass is 10.2. The number of ether oxygens (including phenoxy) is 1. The van der Waals surface area contributed by atoms with Crippen molar-refractivity contribution < 1.29 is 9.84 Å². The number of hydrogen-bond acceptors (Lipinski definition) is 3. The Kier molecular flexibility index (Phi) is 10.1. The second-order valence-electron chi connectivity index (χ2n) is 5.15. The lowest BCUT2D eigenvalue weighted by Crippen LogP contribution is -2.38. The van der Waals surface area contributed by atoms with Gasteiger partial charge in [-0.05, 0) is 18.9 Å². The first-order valence-electron chi connectivity index (χ1n) is 8.08. The van der Waals surface area contributed by atoms with Crippen LogP contribution in [0.2, 0.25) is 0 Å². The van der Waals surface area contributed by atoms with Crippen molar-refractivity contribution in [1.29, 1.82) is 0 Å². The molecule has 0 radical (unpaired) electrons. The predicted molar refractivity (Wildman–Crippen MR) is 91.0 cm³/mol. The molecular formula is C17H29N3O2. The van der Waals surface area contributed by atoms with Gasteiger partial charge in [-0.2, -0.15) is 0 Å². The first-order valence-corrected chi connectivity index (χ1v) is 8.08. The summed E-state index contributed by atoms with van der Waals surface area (Å²) in [6.45, 7) is 7.00. The Morgan fingerprint density at radius 1 is 1.23 bits per heavy atom. The van der Waals surface area contributed by atoms with E-state index in [2.05, 4.69) is 22.5 Å². The van der Waals surface area contributed by atoms with E-state index >= 15 is 0 Å². The van der Waals surface area contributed by atoms with Gasteiger partial charge >= 0.3 is 0 Å². The molecule has 1 rings (SSSR count). The van der Waals surface area contributed by atoms with Crippen LogP contribution in [0.5, 0.6) is 0 Å². The van der Waals surface area contributed by atoms with Gasteiger partial charge in [-0.25, -0.2) is 0 Å². The van der Waals surface area contributed by atoms with Crippen LogP contribution >= 0.6 is 0 Å². The molecule has 124 valence electrons. The van der Waals surface area contributed by atoms with Gasteiger partial charge in [0.2, 0.25) is 0 Å². The minimum Gasteiger partial charge on any atom is -0.389 e. The zero-order valence-corrected chi connectivity index (χ0v) is 13.7. The van der Waals surface area contributed by atoms with Crippen molar-refractivity contribution >= 4 is 5.96 Å². The lowest BCUT2D eigenvalue weighted by molar-refractivity contribution is 0.0331. The minimum absolute atomic E-state index is 0.284. The molecule has 1 aromatic rings.